The monoisotopic (exact) mass is 441 g/mol. The molecule has 0 aliphatic carbocycles. The lowest BCUT2D eigenvalue weighted by Gasteiger charge is -2.26. The van der Waals surface area contributed by atoms with Crippen LogP contribution in [0.25, 0.3) is 0 Å². The molecule has 0 bridgehead atoms. The average molecular weight is 442 g/mol. The number of anilines is 3. The number of benzene rings is 4. The Morgan fingerprint density at radius 1 is 0.647 bits per heavy atom. The Balaban J connectivity index is 1.62. The Morgan fingerprint density at radius 3 is 1.82 bits per heavy atom. The lowest BCUT2D eigenvalue weighted by atomic mass is 9.91. The highest BCUT2D eigenvalue weighted by molar-refractivity contribution is 5.76. The molecule has 4 aromatic carbocycles. The largest absolute Gasteiger partial charge is 0.311 e. The molecule has 1 heteroatoms. The van der Waals surface area contributed by atoms with E-state index in [0.717, 1.165) is 23.5 Å². The summed E-state index contributed by atoms with van der Waals surface area (Å²) in [5, 5.41) is 0. The SMILES string of the molecule is C=C/C=C\C=C\C(Cc1ccc(N(c2ccccc2)c2ccc(C)cc2)cc1)c1ccccc1. The van der Waals surface area contributed by atoms with Gasteiger partial charge >= 0.3 is 0 Å². The van der Waals surface area contributed by atoms with Crippen molar-refractivity contribution in [3.05, 3.63) is 163 Å². The molecular weight excluding hydrogens is 410 g/mol. The normalized spacial score (nSPS) is 12.1. The Hall–Kier alpha value is -4.10. The van der Waals surface area contributed by atoms with Crippen LogP contribution in [-0.4, -0.2) is 0 Å². The van der Waals surface area contributed by atoms with Crippen molar-refractivity contribution >= 4 is 17.1 Å². The van der Waals surface area contributed by atoms with E-state index in [0.29, 0.717) is 5.92 Å². The molecule has 0 aromatic heterocycles. The first-order chi connectivity index (χ1) is 16.7. The molecule has 0 spiro atoms. The molecule has 0 aliphatic heterocycles. The minimum absolute atomic E-state index is 0.309. The maximum Gasteiger partial charge on any atom is 0.0461 e. The molecule has 168 valence electrons. The molecule has 1 nitrogen and oxygen atoms in total. The van der Waals surface area contributed by atoms with Gasteiger partial charge in [0.1, 0.15) is 0 Å². The van der Waals surface area contributed by atoms with Crippen LogP contribution in [0, 0.1) is 6.92 Å². The third-order valence-electron chi connectivity index (χ3n) is 5.89. The van der Waals surface area contributed by atoms with E-state index in [1.807, 2.05) is 12.2 Å². The summed E-state index contributed by atoms with van der Waals surface area (Å²) >= 11 is 0. The minimum Gasteiger partial charge on any atom is -0.311 e. The van der Waals surface area contributed by atoms with Gasteiger partial charge in [0.05, 0.1) is 0 Å². The lowest BCUT2D eigenvalue weighted by Crippen LogP contribution is -2.10. The summed E-state index contributed by atoms with van der Waals surface area (Å²) in [6.45, 7) is 5.87. The van der Waals surface area contributed by atoms with Crippen molar-refractivity contribution in [3.63, 3.8) is 0 Å². The summed E-state index contributed by atoms with van der Waals surface area (Å²) in [5.74, 6) is 0.309. The van der Waals surface area contributed by atoms with Crippen LogP contribution in [0.1, 0.15) is 22.6 Å². The third-order valence-corrected chi connectivity index (χ3v) is 5.89. The molecule has 4 rings (SSSR count). The van der Waals surface area contributed by atoms with E-state index in [4.69, 9.17) is 0 Å². The summed E-state index contributed by atoms with van der Waals surface area (Å²) in [4.78, 5) is 2.30. The van der Waals surface area contributed by atoms with Gasteiger partial charge in [0.25, 0.3) is 0 Å². The van der Waals surface area contributed by atoms with E-state index >= 15 is 0 Å². The molecule has 34 heavy (non-hydrogen) atoms. The summed E-state index contributed by atoms with van der Waals surface area (Å²) in [5.41, 5.74) is 7.35. The molecule has 0 amide bonds. The van der Waals surface area contributed by atoms with Crippen molar-refractivity contribution in [2.75, 3.05) is 4.90 Å². The maximum atomic E-state index is 3.75. The van der Waals surface area contributed by atoms with Crippen molar-refractivity contribution in [3.8, 4) is 0 Å². The van der Waals surface area contributed by atoms with E-state index < -0.39 is 0 Å². The molecule has 4 aromatic rings. The fraction of sp³-hybridized carbons (Fsp3) is 0.0909. The highest BCUT2D eigenvalue weighted by Crippen LogP contribution is 2.35. The Kier molecular flexibility index (Phi) is 7.92. The highest BCUT2D eigenvalue weighted by Gasteiger charge is 2.13. The lowest BCUT2D eigenvalue weighted by molar-refractivity contribution is 0.836. The van der Waals surface area contributed by atoms with E-state index in [-0.39, 0.29) is 0 Å². The van der Waals surface area contributed by atoms with Crippen LogP contribution in [0.5, 0.6) is 0 Å². The molecule has 1 unspecified atom stereocenters. The number of rotatable bonds is 9. The van der Waals surface area contributed by atoms with Crippen LogP contribution in [-0.2, 0) is 6.42 Å². The maximum absolute atomic E-state index is 3.75. The Morgan fingerprint density at radius 2 is 1.21 bits per heavy atom. The Labute approximate surface area is 204 Å². The molecule has 0 fully saturated rings. The van der Waals surface area contributed by atoms with E-state index in [9.17, 15) is 0 Å². The number of allylic oxidation sites excluding steroid dienone is 5. The summed E-state index contributed by atoms with van der Waals surface area (Å²) in [6, 6.07) is 38.9. The quantitative estimate of drug-likeness (QED) is 0.234. The van der Waals surface area contributed by atoms with Gasteiger partial charge in [-0.1, -0.05) is 115 Å². The van der Waals surface area contributed by atoms with Gasteiger partial charge in [-0.2, -0.15) is 0 Å². The van der Waals surface area contributed by atoms with Crippen molar-refractivity contribution < 1.29 is 0 Å². The van der Waals surface area contributed by atoms with Gasteiger partial charge in [0.2, 0.25) is 0 Å². The summed E-state index contributed by atoms with van der Waals surface area (Å²) in [7, 11) is 0. The van der Waals surface area contributed by atoms with Crippen LogP contribution in [0.3, 0.4) is 0 Å². The van der Waals surface area contributed by atoms with Gasteiger partial charge in [-0.3, -0.25) is 0 Å². The smallest absolute Gasteiger partial charge is 0.0461 e. The fourth-order valence-corrected chi connectivity index (χ4v) is 4.09. The topological polar surface area (TPSA) is 3.24 Å². The first-order valence-electron chi connectivity index (χ1n) is 11.8. The molecule has 0 aliphatic rings. The second kappa shape index (κ2) is 11.7. The Bertz CT molecular complexity index is 1220. The van der Waals surface area contributed by atoms with Crippen LogP contribution in [0.15, 0.2) is 146 Å². The van der Waals surface area contributed by atoms with Crippen molar-refractivity contribution in [1.82, 2.24) is 0 Å². The summed E-state index contributed by atoms with van der Waals surface area (Å²) in [6.07, 6.45) is 11.1. The van der Waals surface area contributed by atoms with Gasteiger partial charge in [-0.15, -0.1) is 0 Å². The highest BCUT2D eigenvalue weighted by atomic mass is 15.1. The number of para-hydroxylation sites is 1. The van der Waals surface area contributed by atoms with Crippen molar-refractivity contribution in [1.29, 1.82) is 0 Å². The zero-order chi connectivity index (χ0) is 23.6. The molecule has 1 atom stereocenters. The number of aryl methyl sites for hydroxylation is 1. The van der Waals surface area contributed by atoms with Crippen LogP contribution < -0.4 is 4.90 Å². The standard InChI is InChI=1S/C33H31N/c1-3-4-5-8-15-30(29-13-9-6-10-14-29)26-28-20-24-33(25-21-28)34(31-16-11-7-12-17-31)32-22-18-27(2)19-23-32/h3-25,30H,1,26H2,2H3/b5-4-,15-8+. The van der Waals surface area contributed by atoms with Gasteiger partial charge < -0.3 is 4.90 Å². The van der Waals surface area contributed by atoms with Gasteiger partial charge in [0, 0.05) is 23.0 Å². The average Bonchev–Trinajstić information content (AvgIpc) is 2.89. The second-order valence-corrected chi connectivity index (χ2v) is 8.40. The van der Waals surface area contributed by atoms with Crippen LogP contribution in [0.4, 0.5) is 17.1 Å². The minimum atomic E-state index is 0.309. The molecule has 0 heterocycles. The zero-order valence-electron chi connectivity index (χ0n) is 19.7. The van der Waals surface area contributed by atoms with Crippen molar-refractivity contribution in [2.24, 2.45) is 0 Å². The summed E-state index contributed by atoms with van der Waals surface area (Å²) < 4.78 is 0. The van der Waals surface area contributed by atoms with Crippen LogP contribution >= 0.6 is 0 Å². The van der Waals surface area contributed by atoms with Gasteiger partial charge in [0.15, 0.2) is 0 Å². The zero-order valence-corrected chi connectivity index (χ0v) is 19.7. The second-order valence-electron chi connectivity index (χ2n) is 8.40. The third kappa shape index (κ3) is 6.02. The molecular formula is C33H31N. The molecule has 0 saturated heterocycles. The van der Waals surface area contributed by atoms with Gasteiger partial charge in [-0.25, -0.2) is 0 Å². The molecule has 0 N–H and O–H groups in total. The first-order valence-corrected chi connectivity index (χ1v) is 11.8. The number of hydrogen-bond acceptors (Lipinski definition) is 1. The van der Waals surface area contributed by atoms with Crippen molar-refractivity contribution in [2.45, 2.75) is 19.3 Å². The molecule has 0 saturated carbocycles. The van der Waals surface area contributed by atoms with E-state index in [2.05, 4.69) is 140 Å². The number of hydrogen-bond donors (Lipinski definition) is 0. The fourth-order valence-electron chi connectivity index (χ4n) is 4.09. The van der Waals surface area contributed by atoms with E-state index in [1.54, 1.807) is 6.08 Å². The van der Waals surface area contributed by atoms with E-state index in [1.165, 1.54) is 16.7 Å². The van der Waals surface area contributed by atoms with Crippen LogP contribution in [0.2, 0.25) is 0 Å². The molecule has 0 radical (unpaired) electrons. The predicted octanol–water partition coefficient (Wildman–Crippen LogP) is 9.09. The predicted molar refractivity (Wildman–Crippen MR) is 147 cm³/mol. The van der Waals surface area contributed by atoms with Gasteiger partial charge in [-0.05, 0) is 60.9 Å². The first kappa shape index (κ1) is 23.1. The number of nitrogens with zero attached hydrogens (tertiary/aromatic N) is 1.